The normalized spacial score (nSPS) is 10.2. The molecule has 0 aliphatic rings. The largest absolute Gasteiger partial charge is 0.497 e. The van der Waals surface area contributed by atoms with E-state index in [1.165, 1.54) is 0 Å². The molecule has 5 heteroatoms. The summed E-state index contributed by atoms with van der Waals surface area (Å²) in [7, 11) is 1.64. The molecule has 2 N–H and O–H groups in total. The molecule has 0 aliphatic heterocycles. The minimum atomic E-state index is -0.0943. The van der Waals surface area contributed by atoms with Gasteiger partial charge in [0.2, 0.25) is 0 Å². The second-order valence-electron chi connectivity index (χ2n) is 5.77. The minimum absolute atomic E-state index is 0.0943. The highest BCUT2D eigenvalue weighted by molar-refractivity contribution is 5.95. The monoisotopic (exact) mass is 347 g/mol. The van der Waals surface area contributed by atoms with E-state index < -0.39 is 0 Å². The van der Waals surface area contributed by atoms with Crippen molar-refractivity contribution in [3.63, 3.8) is 0 Å². The van der Waals surface area contributed by atoms with Crippen LogP contribution in [0.2, 0.25) is 0 Å². The lowest BCUT2D eigenvalue weighted by molar-refractivity contribution is 0.0954. The van der Waals surface area contributed by atoms with E-state index in [4.69, 9.17) is 4.74 Å². The summed E-state index contributed by atoms with van der Waals surface area (Å²) in [6.45, 7) is 0.572. The van der Waals surface area contributed by atoms with Crippen LogP contribution < -0.4 is 15.4 Å². The van der Waals surface area contributed by atoms with Gasteiger partial charge in [-0.1, -0.05) is 24.3 Å². The summed E-state index contributed by atoms with van der Waals surface area (Å²) in [6, 6.07) is 20.9. The van der Waals surface area contributed by atoms with Gasteiger partial charge in [0.1, 0.15) is 11.6 Å². The lowest BCUT2D eigenvalue weighted by Crippen LogP contribution is -2.25. The van der Waals surface area contributed by atoms with E-state index in [0.29, 0.717) is 12.1 Å². The number of anilines is 2. The molecule has 0 unspecified atom stereocenters. The molecule has 26 heavy (non-hydrogen) atoms. The number of carbonyl (C=O) groups excluding carboxylic acids is 1. The fourth-order valence-electron chi connectivity index (χ4n) is 2.54. The van der Waals surface area contributed by atoms with E-state index in [0.717, 1.165) is 29.2 Å². The summed E-state index contributed by atoms with van der Waals surface area (Å²) >= 11 is 0. The molecule has 0 atom stereocenters. The first-order valence-corrected chi connectivity index (χ1v) is 8.44. The molecule has 0 bridgehead atoms. The molecule has 0 radical (unpaired) electrons. The standard InChI is InChI=1S/C21H21N3O2/c1-26-19-10-8-16(9-11-19)12-14-23-21(25)17-5-4-6-18(15-17)24-20-7-2-3-13-22-20/h2-11,13,15H,12,14H2,1H3,(H,22,24)(H,23,25). The van der Waals surface area contributed by atoms with Crippen LogP contribution in [0.4, 0.5) is 11.5 Å². The van der Waals surface area contributed by atoms with Crippen molar-refractivity contribution in [2.75, 3.05) is 19.0 Å². The first-order valence-electron chi connectivity index (χ1n) is 8.44. The average Bonchev–Trinajstić information content (AvgIpc) is 2.69. The second kappa shape index (κ2) is 8.67. The molecule has 0 fully saturated rings. The van der Waals surface area contributed by atoms with E-state index in [-0.39, 0.29) is 5.91 Å². The quantitative estimate of drug-likeness (QED) is 0.682. The number of carbonyl (C=O) groups is 1. The summed E-state index contributed by atoms with van der Waals surface area (Å²) < 4.78 is 5.14. The van der Waals surface area contributed by atoms with E-state index in [1.807, 2.05) is 60.7 Å². The Labute approximate surface area is 153 Å². The number of benzene rings is 2. The molecule has 3 rings (SSSR count). The molecule has 0 saturated carbocycles. The first kappa shape index (κ1) is 17.5. The van der Waals surface area contributed by atoms with Crippen LogP contribution >= 0.6 is 0 Å². The highest BCUT2D eigenvalue weighted by Crippen LogP contribution is 2.16. The molecular weight excluding hydrogens is 326 g/mol. The average molecular weight is 347 g/mol. The maximum Gasteiger partial charge on any atom is 0.251 e. The molecule has 0 saturated heterocycles. The van der Waals surface area contributed by atoms with Crippen molar-refractivity contribution < 1.29 is 9.53 Å². The number of hydrogen-bond donors (Lipinski definition) is 2. The van der Waals surface area contributed by atoms with Crippen LogP contribution in [-0.4, -0.2) is 24.5 Å². The summed E-state index contributed by atoms with van der Waals surface area (Å²) in [4.78, 5) is 16.6. The third kappa shape index (κ3) is 4.83. The Morgan fingerprint density at radius 2 is 1.88 bits per heavy atom. The summed E-state index contributed by atoms with van der Waals surface area (Å²) in [6.07, 6.45) is 2.49. The number of nitrogens with zero attached hydrogens (tertiary/aromatic N) is 1. The lowest BCUT2D eigenvalue weighted by Gasteiger charge is -2.09. The van der Waals surface area contributed by atoms with Gasteiger partial charge in [-0.05, 0) is 54.4 Å². The maximum absolute atomic E-state index is 12.4. The Bertz CT molecular complexity index is 849. The number of amides is 1. The van der Waals surface area contributed by atoms with Gasteiger partial charge >= 0.3 is 0 Å². The van der Waals surface area contributed by atoms with E-state index in [1.54, 1.807) is 19.4 Å². The van der Waals surface area contributed by atoms with Crippen molar-refractivity contribution in [3.05, 3.63) is 84.1 Å². The molecule has 1 aromatic heterocycles. The Morgan fingerprint density at radius 3 is 2.62 bits per heavy atom. The fourth-order valence-corrected chi connectivity index (χ4v) is 2.54. The number of nitrogens with one attached hydrogen (secondary N) is 2. The zero-order valence-corrected chi connectivity index (χ0v) is 14.6. The van der Waals surface area contributed by atoms with Crippen LogP contribution in [0.1, 0.15) is 15.9 Å². The summed E-state index contributed by atoms with van der Waals surface area (Å²) in [5, 5.41) is 6.14. The smallest absolute Gasteiger partial charge is 0.251 e. The molecule has 0 spiro atoms. The molecular formula is C21H21N3O2. The number of aromatic nitrogens is 1. The Kier molecular flexibility index (Phi) is 5.83. The summed E-state index contributed by atoms with van der Waals surface area (Å²) in [5.41, 5.74) is 2.59. The van der Waals surface area contributed by atoms with Gasteiger partial charge in [0.05, 0.1) is 7.11 Å². The van der Waals surface area contributed by atoms with Crippen molar-refractivity contribution in [1.29, 1.82) is 0 Å². The molecule has 2 aromatic carbocycles. The Balaban J connectivity index is 1.55. The van der Waals surface area contributed by atoms with Crippen molar-refractivity contribution in [2.45, 2.75) is 6.42 Å². The van der Waals surface area contributed by atoms with Gasteiger partial charge in [-0.15, -0.1) is 0 Å². The van der Waals surface area contributed by atoms with Gasteiger partial charge in [-0.2, -0.15) is 0 Å². The molecule has 0 aliphatic carbocycles. The van der Waals surface area contributed by atoms with E-state index in [2.05, 4.69) is 15.6 Å². The van der Waals surface area contributed by atoms with Crippen molar-refractivity contribution in [1.82, 2.24) is 10.3 Å². The van der Waals surface area contributed by atoms with Gasteiger partial charge in [0.25, 0.3) is 5.91 Å². The fraction of sp³-hybridized carbons (Fsp3) is 0.143. The first-order chi connectivity index (χ1) is 12.7. The van der Waals surface area contributed by atoms with Crippen LogP contribution in [0.5, 0.6) is 5.75 Å². The number of hydrogen-bond acceptors (Lipinski definition) is 4. The molecule has 3 aromatic rings. The zero-order chi connectivity index (χ0) is 18.2. The van der Waals surface area contributed by atoms with Gasteiger partial charge in [-0.25, -0.2) is 4.98 Å². The van der Waals surface area contributed by atoms with E-state index >= 15 is 0 Å². The number of ether oxygens (including phenoxy) is 1. The highest BCUT2D eigenvalue weighted by Gasteiger charge is 2.06. The minimum Gasteiger partial charge on any atom is -0.497 e. The number of pyridine rings is 1. The summed E-state index contributed by atoms with van der Waals surface area (Å²) in [5.74, 6) is 1.47. The van der Waals surface area contributed by atoms with Crippen LogP contribution in [-0.2, 0) is 6.42 Å². The van der Waals surface area contributed by atoms with Gasteiger partial charge in [-0.3, -0.25) is 4.79 Å². The molecule has 5 nitrogen and oxygen atoms in total. The topological polar surface area (TPSA) is 63.2 Å². The van der Waals surface area contributed by atoms with Crippen LogP contribution in [0.15, 0.2) is 72.9 Å². The van der Waals surface area contributed by atoms with Gasteiger partial charge < -0.3 is 15.4 Å². The second-order valence-corrected chi connectivity index (χ2v) is 5.77. The van der Waals surface area contributed by atoms with Crippen molar-refractivity contribution in [3.8, 4) is 5.75 Å². The molecule has 1 heterocycles. The predicted octanol–water partition coefficient (Wildman–Crippen LogP) is 3.81. The SMILES string of the molecule is COc1ccc(CCNC(=O)c2cccc(Nc3ccccn3)c2)cc1. The number of rotatable bonds is 7. The van der Waals surface area contributed by atoms with Crippen LogP contribution in [0.25, 0.3) is 0 Å². The van der Waals surface area contributed by atoms with Gasteiger partial charge in [0, 0.05) is 24.0 Å². The van der Waals surface area contributed by atoms with E-state index in [9.17, 15) is 4.79 Å². The predicted molar refractivity (Wildman–Crippen MR) is 103 cm³/mol. The Hall–Kier alpha value is -3.34. The zero-order valence-electron chi connectivity index (χ0n) is 14.6. The van der Waals surface area contributed by atoms with Crippen LogP contribution in [0, 0.1) is 0 Å². The van der Waals surface area contributed by atoms with Crippen LogP contribution in [0.3, 0.4) is 0 Å². The third-order valence-corrected chi connectivity index (χ3v) is 3.92. The molecule has 1 amide bonds. The number of methoxy groups -OCH3 is 1. The van der Waals surface area contributed by atoms with Gasteiger partial charge in [0.15, 0.2) is 0 Å². The third-order valence-electron chi connectivity index (χ3n) is 3.92. The Morgan fingerprint density at radius 1 is 1.04 bits per heavy atom. The highest BCUT2D eigenvalue weighted by atomic mass is 16.5. The molecule has 132 valence electrons. The maximum atomic E-state index is 12.4. The van der Waals surface area contributed by atoms with Crippen molar-refractivity contribution >= 4 is 17.4 Å². The lowest BCUT2D eigenvalue weighted by atomic mass is 10.1. The van der Waals surface area contributed by atoms with Crippen molar-refractivity contribution in [2.24, 2.45) is 0 Å².